The lowest BCUT2D eigenvalue weighted by atomic mass is 9.73. The fraction of sp³-hybridized carbons (Fsp3) is 0.769. The molecule has 0 radical (unpaired) electrons. The number of carboxylic acid groups (broad SMARTS) is 1. The van der Waals surface area contributed by atoms with Crippen molar-refractivity contribution in [1.82, 2.24) is 10.0 Å². The first-order valence-corrected chi connectivity index (χ1v) is 15.5. The summed E-state index contributed by atoms with van der Waals surface area (Å²) < 4.78 is 27.6. The Morgan fingerprint density at radius 1 is 1.06 bits per heavy atom. The van der Waals surface area contributed by atoms with Gasteiger partial charge in [0.1, 0.15) is 4.24 Å². The minimum Gasteiger partial charge on any atom is -0.481 e. The molecular weight excluding hydrogens is 484 g/mol. The molecule has 1 unspecified atom stereocenters. The lowest BCUT2D eigenvalue weighted by Crippen LogP contribution is -2.28. The molecule has 0 aromatic rings. The van der Waals surface area contributed by atoms with Crippen molar-refractivity contribution in [2.45, 2.75) is 97.8 Å². The van der Waals surface area contributed by atoms with Gasteiger partial charge in [0.2, 0.25) is 15.9 Å². The summed E-state index contributed by atoms with van der Waals surface area (Å²) in [6.45, 7) is 6.68. The van der Waals surface area contributed by atoms with Crippen LogP contribution in [0.25, 0.3) is 0 Å². The molecule has 1 aliphatic heterocycles. The van der Waals surface area contributed by atoms with E-state index in [0.717, 1.165) is 24.1 Å². The normalized spacial score (nSPS) is 22.2. The van der Waals surface area contributed by atoms with Gasteiger partial charge in [0, 0.05) is 13.0 Å². The highest BCUT2D eigenvalue weighted by atomic mass is 32.3. The molecule has 200 valence electrons. The van der Waals surface area contributed by atoms with Crippen LogP contribution in [0.2, 0.25) is 0 Å². The first-order valence-electron chi connectivity index (χ1n) is 13.2. The van der Waals surface area contributed by atoms with Gasteiger partial charge in [-0.25, -0.2) is 13.1 Å². The summed E-state index contributed by atoms with van der Waals surface area (Å²) >= 11 is 1.02. The van der Waals surface area contributed by atoms with Crippen molar-refractivity contribution >= 4 is 33.7 Å². The molecular formula is C26H44N2O5S2. The smallest absolute Gasteiger partial charge is 0.304 e. The average molecular weight is 529 g/mol. The highest BCUT2D eigenvalue weighted by Crippen LogP contribution is 2.38. The maximum atomic E-state index is 12.8. The number of carboxylic acids is 1. The molecule has 0 spiro atoms. The van der Waals surface area contributed by atoms with Crippen LogP contribution in [-0.2, 0) is 19.6 Å². The Morgan fingerprint density at radius 2 is 1.74 bits per heavy atom. The third-order valence-electron chi connectivity index (χ3n) is 7.00. The molecule has 0 aromatic carbocycles. The van der Waals surface area contributed by atoms with Crippen LogP contribution in [0, 0.1) is 23.7 Å². The Balaban J connectivity index is 1.90. The zero-order valence-corrected chi connectivity index (χ0v) is 23.2. The van der Waals surface area contributed by atoms with E-state index in [0.29, 0.717) is 42.0 Å². The second kappa shape index (κ2) is 15.1. The minimum atomic E-state index is -3.81. The maximum absolute atomic E-state index is 12.8. The maximum Gasteiger partial charge on any atom is 0.304 e. The van der Waals surface area contributed by atoms with E-state index in [1.807, 2.05) is 6.08 Å². The summed E-state index contributed by atoms with van der Waals surface area (Å²) in [6.07, 6.45) is 14.4. The molecule has 1 amide bonds. The van der Waals surface area contributed by atoms with E-state index in [9.17, 15) is 18.0 Å². The summed E-state index contributed by atoms with van der Waals surface area (Å²) in [6, 6.07) is 0. The minimum absolute atomic E-state index is 0.0701. The van der Waals surface area contributed by atoms with Crippen LogP contribution < -0.4 is 10.0 Å². The van der Waals surface area contributed by atoms with Gasteiger partial charge in [0.05, 0.1) is 11.4 Å². The third-order valence-corrected chi connectivity index (χ3v) is 10.0. The molecule has 1 heterocycles. The van der Waals surface area contributed by atoms with Crippen LogP contribution in [0.3, 0.4) is 0 Å². The van der Waals surface area contributed by atoms with Gasteiger partial charge >= 0.3 is 5.97 Å². The number of thioether (sulfide) groups is 1. The van der Waals surface area contributed by atoms with Crippen LogP contribution in [0.15, 0.2) is 21.4 Å². The number of allylic oxidation sites excluding steroid dienone is 2. The molecule has 7 nitrogen and oxygen atoms in total. The average Bonchev–Trinajstić information content (AvgIpc) is 3.02. The Labute approximate surface area is 216 Å². The van der Waals surface area contributed by atoms with E-state index >= 15 is 0 Å². The van der Waals surface area contributed by atoms with Crippen molar-refractivity contribution in [1.29, 1.82) is 0 Å². The van der Waals surface area contributed by atoms with E-state index < -0.39 is 16.0 Å². The van der Waals surface area contributed by atoms with Crippen molar-refractivity contribution in [3.63, 3.8) is 0 Å². The highest BCUT2D eigenvalue weighted by molar-refractivity contribution is 8.20. The van der Waals surface area contributed by atoms with E-state index in [2.05, 4.69) is 30.8 Å². The summed E-state index contributed by atoms with van der Waals surface area (Å²) in [5.74, 6) is 1.64. The number of sulfonamides is 1. The first kappa shape index (κ1) is 29.9. The van der Waals surface area contributed by atoms with Crippen molar-refractivity contribution in [3.8, 4) is 0 Å². The second-order valence-corrected chi connectivity index (χ2v) is 13.6. The van der Waals surface area contributed by atoms with E-state index in [-0.39, 0.29) is 23.1 Å². The lowest BCUT2D eigenvalue weighted by molar-refractivity contribution is -0.136. The van der Waals surface area contributed by atoms with Crippen molar-refractivity contribution < 1.29 is 23.1 Å². The summed E-state index contributed by atoms with van der Waals surface area (Å²) in [4.78, 5) is 23.5. The van der Waals surface area contributed by atoms with Crippen LogP contribution >= 0.6 is 11.8 Å². The van der Waals surface area contributed by atoms with Crippen LogP contribution in [0.1, 0.15) is 97.8 Å². The highest BCUT2D eigenvalue weighted by Gasteiger charge is 2.27. The second-order valence-electron chi connectivity index (χ2n) is 10.5. The number of nitrogens with one attached hydrogen (secondary N) is 2. The molecule has 1 atom stereocenters. The Kier molecular flexibility index (Phi) is 12.9. The molecule has 0 bridgehead atoms. The van der Waals surface area contributed by atoms with Crippen molar-refractivity contribution in [2.75, 3.05) is 6.54 Å². The van der Waals surface area contributed by atoms with Gasteiger partial charge in [-0.1, -0.05) is 76.8 Å². The third kappa shape index (κ3) is 11.5. The zero-order chi connectivity index (χ0) is 25.8. The number of carbonyl (C=O) groups is 2. The lowest BCUT2D eigenvalue weighted by Gasteiger charge is -2.33. The van der Waals surface area contributed by atoms with Gasteiger partial charge < -0.3 is 10.4 Å². The molecule has 1 saturated carbocycles. The first-order chi connectivity index (χ1) is 16.6. The van der Waals surface area contributed by atoms with Gasteiger partial charge in [0.25, 0.3) is 0 Å². The Bertz CT molecular complexity index is 859. The number of aliphatic carboxylic acids is 1. The topological polar surface area (TPSA) is 113 Å². The quantitative estimate of drug-likeness (QED) is 0.264. The van der Waals surface area contributed by atoms with Gasteiger partial charge in [-0.05, 0) is 55.8 Å². The predicted octanol–water partition coefficient (Wildman–Crippen LogP) is 5.76. The molecule has 2 rings (SSSR count). The van der Waals surface area contributed by atoms with Gasteiger partial charge in [-0.2, -0.15) is 0 Å². The Hall–Kier alpha value is -1.32. The molecule has 35 heavy (non-hydrogen) atoms. The molecule has 0 aromatic heterocycles. The zero-order valence-electron chi connectivity index (χ0n) is 21.6. The number of amides is 1. The van der Waals surface area contributed by atoms with E-state index in [4.69, 9.17) is 5.11 Å². The van der Waals surface area contributed by atoms with Crippen LogP contribution in [-0.4, -0.2) is 31.9 Å². The molecule has 3 N–H and O–H groups in total. The van der Waals surface area contributed by atoms with Gasteiger partial charge in [-0.3, -0.25) is 9.59 Å². The summed E-state index contributed by atoms with van der Waals surface area (Å²) in [5.41, 5.74) is 0. The molecule has 0 saturated heterocycles. The summed E-state index contributed by atoms with van der Waals surface area (Å²) in [7, 11) is -3.81. The number of hydrogen-bond donors (Lipinski definition) is 3. The fourth-order valence-electron chi connectivity index (χ4n) is 4.89. The van der Waals surface area contributed by atoms with Gasteiger partial charge in [-0.15, -0.1) is 0 Å². The number of carbonyl (C=O) groups excluding carboxylic acids is 1. The van der Waals surface area contributed by atoms with Crippen molar-refractivity contribution in [3.05, 3.63) is 21.4 Å². The van der Waals surface area contributed by atoms with E-state index in [1.165, 1.54) is 44.9 Å². The van der Waals surface area contributed by atoms with Crippen LogP contribution in [0.5, 0.6) is 0 Å². The Morgan fingerprint density at radius 3 is 2.40 bits per heavy atom. The SMILES string of the molecule is CC(C)CCCC(CCC(=O)NC1=CCCC=C(S(=O)(=O)NCCC(=O)O)S1)C1CCC(C)CC1. The molecule has 1 aliphatic carbocycles. The number of rotatable bonds is 14. The predicted molar refractivity (Wildman–Crippen MR) is 143 cm³/mol. The fourth-order valence-corrected chi connectivity index (χ4v) is 7.41. The standard InChI is InChI=1S/C26H44N2O5S2/c1-19(2)7-6-8-21(22-13-11-20(3)12-14-22)15-16-23(29)28-24-9-4-5-10-26(34-24)35(32,33)27-18-17-25(30)31/h9-10,19-22,27H,4-8,11-18H2,1-3H3,(H,28,29)(H,30,31). The number of hydrogen-bond acceptors (Lipinski definition) is 5. The van der Waals surface area contributed by atoms with Crippen molar-refractivity contribution in [2.24, 2.45) is 23.7 Å². The largest absolute Gasteiger partial charge is 0.481 e. The molecule has 2 aliphatic rings. The summed E-state index contributed by atoms with van der Waals surface area (Å²) in [5, 5.41) is 12.2. The molecule has 9 heteroatoms. The monoisotopic (exact) mass is 528 g/mol. The molecule has 1 fully saturated rings. The van der Waals surface area contributed by atoms with E-state index in [1.54, 1.807) is 6.08 Å². The van der Waals surface area contributed by atoms with Gasteiger partial charge in [0.15, 0.2) is 0 Å². The van der Waals surface area contributed by atoms with Crippen LogP contribution in [0.4, 0.5) is 0 Å².